The van der Waals surface area contributed by atoms with Crippen LogP contribution in [0.3, 0.4) is 0 Å². The zero-order valence-corrected chi connectivity index (χ0v) is 8.04. The lowest BCUT2D eigenvalue weighted by atomic mass is 9.87. The van der Waals surface area contributed by atoms with Gasteiger partial charge in [0.15, 0.2) is 0 Å². The van der Waals surface area contributed by atoms with Crippen molar-refractivity contribution in [2.24, 2.45) is 0 Å². The Morgan fingerprint density at radius 3 is 2.40 bits per heavy atom. The first-order chi connectivity index (χ1) is 7.07. The fourth-order valence-electron chi connectivity index (χ4n) is 1.63. The molecule has 7 heteroatoms. The van der Waals surface area contributed by atoms with Gasteiger partial charge < -0.3 is 17.8 Å². The van der Waals surface area contributed by atoms with Crippen LogP contribution in [-0.2, 0) is 0 Å². The Bertz CT molecular complexity index is 349. The van der Waals surface area contributed by atoms with E-state index in [1.54, 1.807) is 0 Å². The maximum Gasteiger partial charge on any atom is 0.529 e. The van der Waals surface area contributed by atoms with E-state index in [4.69, 9.17) is 0 Å². The molecule has 0 unspecified atom stereocenters. The Morgan fingerprint density at radius 2 is 1.80 bits per heavy atom. The van der Waals surface area contributed by atoms with Gasteiger partial charge in [-0.3, -0.25) is 9.97 Å². The molecule has 2 rings (SSSR count). The van der Waals surface area contributed by atoms with Gasteiger partial charge in [0, 0.05) is 24.9 Å². The van der Waals surface area contributed by atoms with Crippen LogP contribution in [0.25, 0.3) is 0 Å². The monoisotopic (exact) mass is 216 g/mol. The molecule has 0 N–H and O–H groups in total. The Balaban J connectivity index is 2.26. The highest BCUT2D eigenvalue weighted by atomic mass is 19.4. The molecule has 0 aromatic carbocycles. The first kappa shape index (κ1) is 10.3. The smallest absolute Gasteiger partial charge is 0.444 e. The van der Waals surface area contributed by atoms with E-state index in [1.165, 1.54) is 6.20 Å². The number of nitrogens with zero attached hydrogens (tertiary/aromatic N) is 3. The van der Waals surface area contributed by atoms with Crippen molar-refractivity contribution in [3.8, 4) is 0 Å². The summed E-state index contributed by atoms with van der Waals surface area (Å²) in [7, 11) is 0. The Labute approximate surface area is 85.4 Å². The second kappa shape index (κ2) is 3.71. The van der Waals surface area contributed by atoms with Crippen molar-refractivity contribution in [2.75, 3.05) is 18.0 Å². The highest BCUT2D eigenvalue weighted by Crippen LogP contribution is 2.16. The summed E-state index contributed by atoms with van der Waals surface area (Å²) in [5.74, 6) is 0.337. The molecule has 1 aromatic rings. The summed E-state index contributed by atoms with van der Waals surface area (Å²) in [5, 5.41) is 0. The number of hydrogen-bond acceptors (Lipinski definition) is 3. The number of anilines is 1. The zero-order valence-electron chi connectivity index (χ0n) is 8.04. The average molecular weight is 216 g/mol. The molecule has 1 aliphatic rings. The minimum atomic E-state index is -5.04. The van der Waals surface area contributed by atoms with E-state index < -0.39 is 12.6 Å². The molecule has 1 fully saturated rings. The molecule has 1 aromatic heterocycles. The molecule has 0 spiro atoms. The first-order valence-corrected chi connectivity index (χ1v) is 4.84. The highest BCUT2D eigenvalue weighted by Gasteiger charge is 2.28. The van der Waals surface area contributed by atoms with E-state index in [2.05, 4.69) is 9.97 Å². The standard InChI is InChI=1S/C8H10BF3N3/c10-9(11,12)7-5-13-6-8(14-7)15-3-1-2-4-15/h5-6H,1-4H2/q-1. The van der Waals surface area contributed by atoms with Crippen LogP contribution in [-0.4, -0.2) is 30.0 Å². The van der Waals surface area contributed by atoms with E-state index in [0.717, 1.165) is 32.1 Å². The van der Waals surface area contributed by atoms with Gasteiger partial charge in [0.1, 0.15) is 5.82 Å². The summed E-state index contributed by atoms with van der Waals surface area (Å²) in [6.45, 7) is -3.51. The van der Waals surface area contributed by atoms with Crippen molar-refractivity contribution in [2.45, 2.75) is 12.8 Å². The SMILES string of the molecule is F[B-](F)(F)c1cncc(N2CCCC2)n1. The number of rotatable bonds is 2. The second-order valence-electron chi connectivity index (χ2n) is 3.57. The Kier molecular flexibility index (Phi) is 2.54. The van der Waals surface area contributed by atoms with E-state index in [0.29, 0.717) is 5.82 Å². The van der Waals surface area contributed by atoms with Crippen molar-refractivity contribution in [3.63, 3.8) is 0 Å². The van der Waals surface area contributed by atoms with Crippen LogP contribution < -0.4 is 10.5 Å². The van der Waals surface area contributed by atoms with Gasteiger partial charge in [-0.2, -0.15) is 0 Å². The van der Waals surface area contributed by atoms with Crippen molar-refractivity contribution in [3.05, 3.63) is 12.4 Å². The van der Waals surface area contributed by atoms with Crippen LogP contribution in [0.4, 0.5) is 18.8 Å². The lowest BCUT2D eigenvalue weighted by Crippen LogP contribution is -2.38. The van der Waals surface area contributed by atoms with Crippen molar-refractivity contribution in [1.82, 2.24) is 9.97 Å². The number of aromatic nitrogens is 2. The second-order valence-corrected chi connectivity index (χ2v) is 3.57. The fraction of sp³-hybridized carbons (Fsp3) is 0.500. The summed E-state index contributed by atoms with van der Waals surface area (Å²) in [5.41, 5.74) is -0.862. The quantitative estimate of drug-likeness (QED) is 0.694. The van der Waals surface area contributed by atoms with Gasteiger partial charge in [-0.05, 0) is 12.8 Å². The van der Waals surface area contributed by atoms with E-state index in [9.17, 15) is 12.9 Å². The third kappa shape index (κ3) is 2.22. The van der Waals surface area contributed by atoms with Crippen molar-refractivity contribution in [1.29, 1.82) is 0 Å². The van der Waals surface area contributed by atoms with Crippen LogP contribution in [0.15, 0.2) is 12.4 Å². The van der Waals surface area contributed by atoms with Crippen LogP contribution in [0.5, 0.6) is 0 Å². The molecule has 15 heavy (non-hydrogen) atoms. The predicted molar refractivity (Wildman–Crippen MR) is 52.2 cm³/mol. The minimum Gasteiger partial charge on any atom is -0.444 e. The molecule has 0 saturated carbocycles. The van der Waals surface area contributed by atoms with Gasteiger partial charge in [-0.15, -0.1) is 0 Å². The molecule has 0 radical (unpaired) electrons. The van der Waals surface area contributed by atoms with Crippen molar-refractivity contribution < 1.29 is 12.9 Å². The maximum atomic E-state index is 12.4. The minimum absolute atomic E-state index is 0.337. The molecule has 3 nitrogen and oxygen atoms in total. The first-order valence-electron chi connectivity index (χ1n) is 4.84. The van der Waals surface area contributed by atoms with E-state index in [1.807, 2.05) is 4.90 Å². The summed E-state index contributed by atoms with van der Waals surface area (Å²) in [6, 6.07) is 0. The average Bonchev–Trinajstić information content (AvgIpc) is 2.69. The lowest BCUT2D eigenvalue weighted by molar-refractivity contribution is 0.498. The number of hydrogen-bond donors (Lipinski definition) is 0. The normalized spacial score (nSPS) is 17.1. The third-order valence-electron chi connectivity index (χ3n) is 2.41. The largest absolute Gasteiger partial charge is 0.529 e. The Hall–Kier alpha value is -1.27. The fourth-order valence-corrected chi connectivity index (χ4v) is 1.63. The Morgan fingerprint density at radius 1 is 1.13 bits per heavy atom. The van der Waals surface area contributed by atoms with E-state index >= 15 is 0 Å². The van der Waals surface area contributed by atoms with Gasteiger partial charge in [-0.1, -0.05) is 0 Å². The molecule has 0 amide bonds. The molecule has 0 aliphatic carbocycles. The summed E-state index contributed by atoms with van der Waals surface area (Å²) in [4.78, 5) is 9.01. The molecular weight excluding hydrogens is 206 g/mol. The van der Waals surface area contributed by atoms with Crippen LogP contribution >= 0.6 is 0 Å². The van der Waals surface area contributed by atoms with Crippen molar-refractivity contribution >= 4 is 18.4 Å². The molecule has 0 atom stereocenters. The highest BCUT2D eigenvalue weighted by molar-refractivity contribution is 6.72. The summed E-state index contributed by atoms with van der Waals surface area (Å²) < 4.78 is 37.2. The van der Waals surface area contributed by atoms with E-state index in [-0.39, 0.29) is 0 Å². The molecule has 1 aliphatic heterocycles. The topological polar surface area (TPSA) is 29.0 Å². The van der Waals surface area contributed by atoms with Crippen LogP contribution in [0.2, 0.25) is 0 Å². The molecule has 2 heterocycles. The van der Waals surface area contributed by atoms with Gasteiger partial charge >= 0.3 is 6.98 Å². The van der Waals surface area contributed by atoms with Gasteiger partial charge in [0.25, 0.3) is 0 Å². The zero-order chi connectivity index (χ0) is 10.9. The molecule has 82 valence electrons. The molecule has 0 bridgehead atoms. The molecular formula is C8H10BF3N3-. The summed E-state index contributed by atoms with van der Waals surface area (Å²) >= 11 is 0. The van der Waals surface area contributed by atoms with Crippen LogP contribution in [0, 0.1) is 0 Å². The number of halogens is 3. The van der Waals surface area contributed by atoms with Gasteiger partial charge in [0.2, 0.25) is 0 Å². The maximum absolute atomic E-state index is 12.4. The van der Waals surface area contributed by atoms with Gasteiger partial charge in [-0.25, -0.2) is 0 Å². The van der Waals surface area contributed by atoms with Crippen LogP contribution in [0.1, 0.15) is 12.8 Å². The van der Waals surface area contributed by atoms with Gasteiger partial charge in [0.05, 0.1) is 6.20 Å². The lowest BCUT2D eigenvalue weighted by Gasteiger charge is -2.19. The predicted octanol–water partition coefficient (Wildman–Crippen LogP) is 1.13. The molecule has 1 saturated heterocycles. The third-order valence-corrected chi connectivity index (χ3v) is 2.41. The summed E-state index contributed by atoms with van der Waals surface area (Å²) in [6.07, 6.45) is 4.17.